The molecular formula is C12H10O2S. The number of carboxylic acids is 1. The van der Waals surface area contributed by atoms with Crippen LogP contribution in [0.5, 0.6) is 0 Å². The standard InChI is InChI=1S/C12H10O2S/c1-8-10(9-5-6-15-7-9)3-2-4-11(8)12(13)14/h2-7H,1H3,(H,13,14). The Hall–Kier alpha value is -1.61. The Balaban J connectivity index is 2.59. The minimum atomic E-state index is -0.871. The minimum absolute atomic E-state index is 0.374. The maximum atomic E-state index is 10.9. The van der Waals surface area contributed by atoms with Gasteiger partial charge in [-0.25, -0.2) is 4.79 Å². The van der Waals surface area contributed by atoms with E-state index >= 15 is 0 Å². The average molecular weight is 218 g/mol. The van der Waals surface area contributed by atoms with E-state index in [2.05, 4.69) is 0 Å². The van der Waals surface area contributed by atoms with Crippen molar-refractivity contribution in [1.29, 1.82) is 0 Å². The fourth-order valence-corrected chi connectivity index (χ4v) is 2.25. The molecule has 1 heterocycles. The predicted octanol–water partition coefficient (Wildman–Crippen LogP) is 3.42. The van der Waals surface area contributed by atoms with Gasteiger partial charge < -0.3 is 5.11 Å². The molecule has 0 aliphatic rings. The molecule has 2 rings (SSSR count). The van der Waals surface area contributed by atoms with E-state index in [1.807, 2.05) is 29.8 Å². The van der Waals surface area contributed by atoms with Crippen molar-refractivity contribution in [3.05, 3.63) is 46.2 Å². The van der Waals surface area contributed by atoms with E-state index in [9.17, 15) is 4.79 Å². The van der Waals surface area contributed by atoms with E-state index in [1.165, 1.54) is 0 Å². The minimum Gasteiger partial charge on any atom is -0.478 e. The highest BCUT2D eigenvalue weighted by atomic mass is 32.1. The second kappa shape index (κ2) is 3.87. The molecule has 0 aliphatic heterocycles. The molecule has 0 bridgehead atoms. The summed E-state index contributed by atoms with van der Waals surface area (Å²) in [5.74, 6) is -0.871. The summed E-state index contributed by atoms with van der Waals surface area (Å²) in [7, 11) is 0. The van der Waals surface area contributed by atoms with E-state index in [-0.39, 0.29) is 0 Å². The first kappa shape index (κ1) is 9.93. The highest BCUT2D eigenvalue weighted by molar-refractivity contribution is 7.08. The lowest BCUT2D eigenvalue weighted by atomic mass is 9.98. The summed E-state index contributed by atoms with van der Waals surface area (Å²) in [6, 6.07) is 7.36. The zero-order chi connectivity index (χ0) is 10.8. The molecule has 0 fully saturated rings. The van der Waals surface area contributed by atoms with Gasteiger partial charge in [0.25, 0.3) is 0 Å². The van der Waals surface area contributed by atoms with Crippen molar-refractivity contribution in [2.45, 2.75) is 6.92 Å². The molecule has 0 spiro atoms. The molecule has 0 unspecified atom stereocenters. The van der Waals surface area contributed by atoms with Crippen molar-refractivity contribution in [3.8, 4) is 11.1 Å². The monoisotopic (exact) mass is 218 g/mol. The SMILES string of the molecule is Cc1c(C(=O)O)cccc1-c1ccsc1. The maximum Gasteiger partial charge on any atom is 0.335 e. The van der Waals surface area contributed by atoms with Crippen molar-refractivity contribution in [2.24, 2.45) is 0 Å². The third-order valence-electron chi connectivity index (χ3n) is 2.40. The Morgan fingerprint density at radius 3 is 2.73 bits per heavy atom. The van der Waals surface area contributed by atoms with Crippen LogP contribution in [0.3, 0.4) is 0 Å². The average Bonchev–Trinajstić information content (AvgIpc) is 2.70. The van der Waals surface area contributed by atoms with Crippen LogP contribution >= 0.6 is 11.3 Å². The van der Waals surface area contributed by atoms with Crippen molar-refractivity contribution >= 4 is 17.3 Å². The summed E-state index contributed by atoms with van der Waals surface area (Å²) < 4.78 is 0. The number of benzene rings is 1. The van der Waals surface area contributed by atoms with Gasteiger partial charge in [0, 0.05) is 0 Å². The molecule has 3 heteroatoms. The molecule has 2 aromatic rings. The summed E-state index contributed by atoms with van der Waals surface area (Å²) in [6.07, 6.45) is 0. The number of aromatic carboxylic acids is 1. The Morgan fingerprint density at radius 2 is 2.13 bits per heavy atom. The summed E-state index contributed by atoms with van der Waals surface area (Å²) in [6.45, 7) is 1.84. The molecule has 0 saturated heterocycles. The van der Waals surface area contributed by atoms with Gasteiger partial charge in [0.1, 0.15) is 0 Å². The highest BCUT2D eigenvalue weighted by Crippen LogP contribution is 2.27. The Kier molecular flexibility index (Phi) is 2.56. The molecule has 0 atom stereocenters. The summed E-state index contributed by atoms with van der Waals surface area (Å²) in [4.78, 5) is 10.9. The van der Waals surface area contributed by atoms with Gasteiger partial charge in [-0.3, -0.25) is 0 Å². The summed E-state index contributed by atoms with van der Waals surface area (Å²) >= 11 is 1.61. The lowest BCUT2D eigenvalue weighted by Gasteiger charge is -2.06. The highest BCUT2D eigenvalue weighted by Gasteiger charge is 2.10. The third-order valence-corrected chi connectivity index (χ3v) is 3.08. The normalized spacial score (nSPS) is 10.2. The van der Waals surface area contributed by atoms with Crippen molar-refractivity contribution in [1.82, 2.24) is 0 Å². The van der Waals surface area contributed by atoms with Crippen LogP contribution in [-0.4, -0.2) is 11.1 Å². The van der Waals surface area contributed by atoms with Crippen LogP contribution in [0.1, 0.15) is 15.9 Å². The Bertz CT molecular complexity index is 486. The van der Waals surface area contributed by atoms with E-state index in [4.69, 9.17) is 5.11 Å². The van der Waals surface area contributed by atoms with E-state index in [0.717, 1.165) is 16.7 Å². The van der Waals surface area contributed by atoms with E-state index < -0.39 is 5.97 Å². The lowest BCUT2D eigenvalue weighted by Crippen LogP contribution is -2.00. The molecule has 76 valence electrons. The first-order valence-corrected chi connectivity index (χ1v) is 5.50. The molecule has 1 aromatic carbocycles. The lowest BCUT2D eigenvalue weighted by molar-refractivity contribution is 0.0696. The largest absolute Gasteiger partial charge is 0.478 e. The van der Waals surface area contributed by atoms with E-state index in [0.29, 0.717) is 5.56 Å². The smallest absolute Gasteiger partial charge is 0.335 e. The predicted molar refractivity (Wildman–Crippen MR) is 61.5 cm³/mol. The van der Waals surface area contributed by atoms with Gasteiger partial charge in [0.15, 0.2) is 0 Å². The second-order valence-corrected chi connectivity index (χ2v) is 4.08. The van der Waals surface area contributed by atoms with Crippen LogP contribution in [0.4, 0.5) is 0 Å². The first-order valence-electron chi connectivity index (χ1n) is 4.55. The van der Waals surface area contributed by atoms with Crippen LogP contribution in [0, 0.1) is 6.92 Å². The number of hydrogen-bond donors (Lipinski definition) is 1. The molecular weight excluding hydrogens is 208 g/mol. The second-order valence-electron chi connectivity index (χ2n) is 3.30. The van der Waals surface area contributed by atoms with Gasteiger partial charge in [-0.05, 0) is 46.5 Å². The van der Waals surface area contributed by atoms with Crippen LogP contribution < -0.4 is 0 Å². The summed E-state index contributed by atoms with van der Waals surface area (Å²) in [5.41, 5.74) is 3.28. The van der Waals surface area contributed by atoms with Crippen LogP contribution in [0.25, 0.3) is 11.1 Å². The molecule has 1 aromatic heterocycles. The number of carbonyl (C=O) groups is 1. The Labute approximate surface area is 91.8 Å². The van der Waals surface area contributed by atoms with Crippen LogP contribution in [-0.2, 0) is 0 Å². The van der Waals surface area contributed by atoms with Gasteiger partial charge in [-0.1, -0.05) is 12.1 Å². The topological polar surface area (TPSA) is 37.3 Å². The first-order chi connectivity index (χ1) is 7.20. The molecule has 1 N–H and O–H groups in total. The van der Waals surface area contributed by atoms with Crippen molar-refractivity contribution in [3.63, 3.8) is 0 Å². The maximum absolute atomic E-state index is 10.9. The van der Waals surface area contributed by atoms with Gasteiger partial charge >= 0.3 is 5.97 Å². The number of thiophene rings is 1. The number of carboxylic acid groups (broad SMARTS) is 1. The Morgan fingerprint density at radius 1 is 1.33 bits per heavy atom. The van der Waals surface area contributed by atoms with E-state index in [1.54, 1.807) is 23.5 Å². The number of hydrogen-bond acceptors (Lipinski definition) is 2. The molecule has 0 radical (unpaired) electrons. The third kappa shape index (κ3) is 1.78. The fourth-order valence-electron chi connectivity index (χ4n) is 1.60. The van der Waals surface area contributed by atoms with Gasteiger partial charge in [-0.2, -0.15) is 11.3 Å². The van der Waals surface area contributed by atoms with Gasteiger partial charge in [0.05, 0.1) is 5.56 Å². The molecule has 2 nitrogen and oxygen atoms in total. The van der Waals surface area contributed by atoms with Gasteiger partial charge in [0.2, 0.25) is 0 Å². The summed E-state index contributed by atoms with van der Waals surface area (Å²) in [5, 5.41) is 13.0. The molecule has 0 amide bonds. The fraction of sp³-hybridized carbons (Fsp3) is 0.0833. The van der Waals surface area contributed by atoms with Crippen molar-refractivity contribution < 1.29 is 9.90 Å². The number of rotatable bonds is 2. The van der Waals surface area contributed by atoms with Crippen LogP contribution in [0.15, 0.2) is 35.0 Å². The van der Waals surface area contributed by atoms with Crippen LogP contribution in [0.2, 0.25) is 0 Å². The molecule has 0 saturated carbocycles. The zero-order valence-corrected chi connectivity index (χ0v) is 9.04. The molecule has 0 aliphatic carbocycles. The van der Waals surface area contributed by atoms with Crippen molar-refractivity contribution in [2.75, 3.05) is 0 Å². The molecule has 15 heavy (non-hydrogen) atoms. The zero-order valence-electron chi connectivity index (χ0n) is 8.23. The quantitative estimate of drug-likeness (QED) is 0.838. The van der Waals surface area contributed by atoms with Gasteiger partial charge in [-0.15, -0.1) is 0 Å².